The summed E-state index contributed by atoms with van der Waals surface area (Å²) in [6.45, 7) is 9.19. The Kier molecular flexibility index (Phi) is 19.3. The molecule has 2 aromatic rings. The van der Waals surface area contributed by atoms with Crippen molar-refractivity contribution in [1.29, 1.82) is 0 Å². The summed E-state index contributed by atoms with van der Waals surface area (Å²) in [5, 5.41) is 0. The molecule has 0 amide bonds. The minimum atomic E-state index is -6.09. The lowest BCUT2D eigenvalue weighted by Gasteiger charge is -2.34. The minimum Gasteiger partial charge on any atom is -0.352 e. The van der Waals surface area contributed by atoms with Crippen LogP contribution in [-0.2, 0) is 63.2 Å². The fraction of sp³-hybridized carbons (Fsp3) is 0.625. The van der Waals surface area contributed by atoms with Crippen molar-refractivity contribution in [1.82, 2.24) is 19.1 Å². The van der Waals surface area contributed by atoms with Crippen LogP contribution in [0.25, 0.3) is 0 Å². The molecule has 36 heteroatoms. The minimum absolute atomic E-state index is 0.0152. The van der Waals surface area contributed by atoms with Gasteiger partial charge in [0, 0.05) is 35.4 Å². The van der Waals surface area contributed by atoms with Gasteiger partial charge in [-0.2, -0.15) is 17.2 Å². The normalized spacial score (nSPS) is 27.3. The van der Waals surface area contributed by atoms with Crippen LogP contribution < -0.4 is 22.5 Å². The Hall–Kier alpha value is -2.42. The molecule has 2 aliphatic heterocycles. The molecule has 2 aliphatic rings. The van der Waals surface area contributed by atoms with Crippen molar-refractivity contribution in [2.75, 3.05) is 0 Å². The molecule has 2 fully saturated rings. The lowest BCUT2D eigenvalue weighted by molar-refractivity contribution is -0.0907. The molecule has 0 spiro atoms. The van der Waals surface area contributed by atoms with Gasteiger partial charge in [0.1, 0.15) is 12.3 Å². The van der Waals surface area contributed by atoms with E-state index in [4.69, 9.17) is 38.1 Å². The van der Waals surface area contributed by atoms with E-state index < -0.39 is 124 Å². The summed E-state index contributed by atoms with van der Waals surface area (Å²) in [5.41, 5.74) is -3.28. The zero-order valence-electron chi connectivity index (χ0n) is 36.6. The van der Waals surface area contributed by atoms with Crippen molar-refractivity contribution in [3.05, 3.63) is 89.0 Å². The number of aryl methyl sites for hydroxylation is 2. The van der Waals surface area contributed by atoms with Crippen molar-refractivity contribution in [2.45, 2.75) is 111 Å². The summed E-state index contributed by atoms with van der Waals surface area (Å²) in [5.74, 6) is -3.45. The highest BCUT2D eigenvalue weighted by Crippen LogP contribution is 2.69. The molecule has 2 aromatic heterocycles. The summed E-state index contributed by atoms with van der Waals surface area (Å²) in [6.07, 6.45) is -2.59. The molecule has 0 radical (unpaired) electrons. The standard InChI is InChI=1S/C32H52N4O26P6/c1-7-9-10-11-21(25-20(6)26(30(56-25)36-16-19(5)28(38)34-32(36)40)58-66(49,50)62-68(53,54)60-64(44,45)46)22-14-24(55-29(22)35-15-18(4)27(37)33-31(35)39)23(13-12-17(3)8-2)57-65(47,48)61-67(51,52)59-63(41,42)43/h9-10,12,15-16,20-26,29-30H,7-8,11,13-14H2,1-6H3,(H,47,48)(H,49,50)(H,51,52)(H,53,54)(H,33,37,39)(H,34,38,40)(H2,41,42,43)(H2,44,45,46)/t20-,21?,22?,23?,24+,25+,26?,29-,30-/m1/s1. The second kappa shape index (κ2) is 22.6. The molecule has 4 heterocycles. The molecule has 386 valence electrons. The van der Waals surface area contributed by atoms with E-state index in [1.165, 1.54) is 26.8 Å². The van der Waals surface area contributed by atoms with Crippen LogP contribution in [0.15, 0.2) is 55.4 Å². The van der Waals surface area contributed by atoms with Crippen LogP contribution in [0.2, 0.25) is 0 Å². The third-order valence-electron chi connectivity index (χ3n) is 10.4. The number of nitrogens with zero attached hydrogens (tertiary/aromatic N) is 2. The van der Waals surface area contributed by atoms with E-state index in [0.717, 1.165) is 21.5 Å². The Labute approximate surface area is 384 Å². The van der Waals surface area contributed by atoms with Gasteiger partial charge in [0.05, 0.1) is 18.3 Å². The van der Waals surface area contributed by atoms with Crippen LogP contribution in [0.4, 0.5) is 0 Å². The van der Waals surface area contributed by atoms with Gasteiger partial charge in [0.2, 0.25) is 0 Å². The molecule has 2 saturated heterocycles. The van der Waals surface area contributed by atoms with Gasteiger partial charge in [-0.1, -0.05) is 44.6 Å². The third kappa shape index (κ3) is 16.3. The third-order valence-corrected chi connectivity index (χ3v) is 18.1. The summed E-state index contributed by atoms with van der Waals surface area (Å²) >= 11 is 0. The monoisotopic (exact) mass is 1090 g/mol. The van der Waals surface area contributed by atoms with Gasteiger partial charge < -0.3 is 48.6 Å². The van der Waals surface area contributed by atoms with Gasteiger partial charge in [-0.15, -0.1) is 0 Å². The van der Waals surface area contributed by atoms with E-state index in [9.17, 15) is 66.1 Å². The average Bonchev–Trinajstić information content (AvgIpc) is 3.72. The number of phosphoric acid groups is 6. The van der Waals surface area contributed by atoms with Crippen molar-refractivity contribution in [2.24, 2.45) is 17.8 Å². The lowest BCUT2D eigenvalue weighted by Crippen LogP contribution is -2.40. The molecule has 0 aromatic carbocycles. The predicted octanol–water partition coefficient (Wildman–Crippen LogP) is 3.28. The zero-order valence-corrected chi connectivity index (χ0v) is 42.0. The highest BCUT2D eigenvalue weighted by Gasteiger charge is 2.56. The van der Waals surface area contributed by atoms with Crippen molar-refractivity contribution in [3.8, 4) is 0 Å². The Balaban J connectivity index is 1.93. The first-order valence-electron chi connectivity index (χ1n) is 20.0. The molecular weight excluding hydrogens is 1040 g/mol. The van der Waals surface area contributed by atoms with E-state index in [1.54, 1.807) is 32.9 Å². The van der Waals surface area contributed by atoms with Gasteiger partial charge in [0.25, 0.3) is 11.1 Å². The first kappa shape index (κ1) is 58.2. The predicted molar refractivity (Wildman–Crippen MR) is 231 cm³/mol. The second-order valence-electron chi connectivity index (χ2n) is 15.6. The van der Waals surface area contributed by atoms with Gasteiger partial charge >= 0.3 is 58.3 Å². The molecule has 68 heavy (non-hydrogen) atoms. The largest absolute Gasteiger partial charge is 0.490 e. The highest BCUT2D eigenvalue weighted by atomic mass is 31.3. The number of aromatic nitrogens is 4. The molecule has 0 bridgehead atoms. The van der Waals surface area contributed by atoms with Crippen LogP contribution in [0.5, 0.6) is 0 Å². The smallest absolute Gasteiger partial charge is 0.352 e. The first-order valence-corrected chi connectivity index (χ1v) is 29.0. The Morgan fingerprint density at radius 2 is 1.24 bits per heavy atom. The molecule has 4 rings (SSSR count). The number of aromatic amines is 2. The van der Waals surface area contributed by atoms with Crippen LogP contribution in [0, 0.1) is 31.6 Å². The fourth-order valence-electron chi connectivity index (χ4n) is 7.46. The van der Waals surface area contributed by atoms with E-state index in [0.29, 0.717) is 18.4 Å². The number of hydrogen-bond acceptors (Lipinski definition) is 18. The van der Waals surface area contributed by atoms with Crippen LogP contribution in [0.3, 0.4) is 0 Å². The Bertz CT molecular complexity index is 2760. The molecule has 0 saturated carbocycles. The van der Waals surface area contributed by atoms with Crippen molar-refractivity contribution < 1.29 is 102 Å². The quantitative estimate of drug-likeness (QED) is 0.0564. The fourth-order valence-corrected chi connectivity index (χ4v) is 13.9. The maximum Gasteiger partial charge on any atom is 0.490 e. The zero-order chi connectivity index (χ0) is 51.5. The molecule has 10 N–H and O–H groups in total. The van der Waals surface area contributed by atoms with Gasteiger partial charge in [-0.25, -0.2) is 37.0 Å². The summed E-state index contributed by atoms with van der Waals surface area (Å²) in [6, 6.07) is 0. The summed E-state index contributed by atoms with van der Waals surface area (Å²) < 4.78 is 115. The molecule has 8 unspecified atom stereocenters. The van der Waals surface area contributed by atoms with E-state index >= 15 is 0 Å². The van der Waals surface area contributed by atoms with Crippen LogP contribution >= 0.6 is 46.9 Å². The van der Waals surface area contributed by atoms with E-state index in [-0.39, 0.29) is 30.4 Å². The molecule has 30 nitrogen and oxygen atoms in total. The topological polar surface area (TPSA) is 448 Å². The second-order valence-corrected chi connectivity index (χ2v) is 24.3. The first-order chi connectivity index (χ1) is 31.1. The number of allylic oxidation sites excluding steroid dienone is 3. The number of rotatable bonds is 23. The molecule has 0 aliphatic carbocycles. The van der Waals surface area contributed by atoms with E-state index in [2.05, 4.69) is 22.2 Å². The van der Waals surface area contributed by atoms with Crippen LogP contribution in [0.1, 0.15) is 83.4 Å². The SMILES string of the molecule is CCC=CCC(C1C[C@@H](C(CC=C(C)CC)OP(=O)(O)OP(=O)(O)OP(=O)(O)O)O[C@H]1n1cc(C)c(=O)[nH]c1=O)[C@H]1O[C@@H](n2cc(C)c(=O)[nH]c2=O)C(OP(=O)(O)OP(=O)(O)OP(=O)(O)O)[C@@H]1C. The molecule has 13 atom stereocenters. The highest BCUT2D eigenvalue weighted by molar-refractivity contribution is 7.67. The van der Waals surface area contributed by atoms with Crippen molar-refractivity contribution in [3.63, 3.8) is 0 Å². The number of hydrogen-bond donors (Lipinski definition) is 10. The van der Waals surface area contributed by atoms with Gasteiger partial charge in [0.15, 0.2) is 6.23 Å². The summed E-state index contributed by atoms with van der Waals surface area (Å²) in [7, 11) is -35.6. The maximum absolute atomic E-state index is 13.6. The molecular formula is C32H52N4O26P6. The number of ether oxygens (including phenoxy) is 2. The Morgan fingerprint density at radius 3 is 1.72 bits per heavy atom. The van der Waals surface area contributed by atoms with Crippen molar-refractivity contribution >= 4 is 46.9 Å². The van der Waals surface area contributed by atoms with Crippen LogP contribution in [-0.4, -0.2) is 82.7 Å². The van der Waals surface area contributed by atoms with E-state index in [1.807, 2.05) is 4.98 Å². The van der Waals surface area contributed by atoms with Gasteiger partial charge in [-0.3, -0.25) is 37.7 Å². The lowest BCUT2D eigenvalue weighted by atomic mass is 9.77. The summed E-state index contributed by atoms with van der Waals surface area (Å²) in [4.78, 5) is 134. The Morgan fingerprint density at radius 1 is 0.735 bits per heavy atom. The maximum atomic E-state index is 13.6. The number of nitrogens with one attached hydrogen (secondary N) is 2. The number of H-pyrrole nitrogens is 2. The number of phosphoric ester groups is 2. The van der Waals surface area contributed by atoms with Gasteiger partial charge in [-0.05, 0) is 58.8 Å². The average molecular weight is 1090 g/mol.